The highest BCUT2D eigenvalue weighted by molar-refractivity contribution is 5.19. The summed E-state index contributed by atoms with van der Waals surface area (Å²) in [4.78, 5) is 6.98. The summed E-state index contributed by atoms with van der Waals surface area (Å²) in [6, 6.07) is 15.7. The van der Waals surface area contributed by atoms with Crippen LogP contribution in [0, 0.1) is 0 Å². The molecular formula is C20H26N2. The number of rotatable bonds is 5. The summed E-state index contributed by atoms with van der Waals surface area (Å²) in [6.45, 7) is 4.75. The third kappa shape index (κ3) is 3.75. The normalized spacial score (nSPS) is 20.7. The summed E-state index contributed by atoms with van der Waals surface area (Å²) >= 11 is 0. The van der Waals surface area contributed by atoms with Crippen LogP contribution in [0.4, 0.5) is 0 Å². The maximum Gasteiger partial charge on any atom is 0.0363 e. The minimum atomic E-state index is 0.561. The van der Waals surface area contributed by atoms with Crippen molar-refractivity contribution in [1.82, 2.24) is 9.88 Å². The standard InChI is InChI=1S/C20H26N2/c1-17(18-8-3-2-4-9-18)12-15-22-14-6-5-11-20(22)19-10-7-13-21-16-19/h2-4,7-10,13,16-17,20H,5-6,11-12,14-15H2,1H3. The molecule has 2 heterocycles. The average Bonchev–Trinajstić information content (AvgIpc) is 2.61. The lowest BCUT2D eigenvalue weighted by Gasteiger charge is -2.36. The molecule has 0 saturated carbocycles. The first-order chi connectivity index (χ1) is 10.8. The number of pyridine rings is 1. The smallest absolute Gasteiger partial charge is 0.0363 e. The first-order valence-corrected chi connectivity index (χ1v) is 8.53. The molecule has 22 heavy (non-hydrogen) atoms. The quantitative estimate of drug-likeness (QED) is 0.787. The van der Waals surface area contributed by atoms with E-state index in [1.807, 2.05) is 12.4 Å². The zero-order valence-corrected chi connectivity index (χ0v) is 13.5. The van der Waals surface area contributed by atoms with Gasteiger partial charge in [0.15, 0.2) is 0 Å². The van der Waals surface area contributed by atoms with E-state index in [0.29, 0.717) is 12.0 Å². The molecule has 0 bridgehead atoms. The van der Waals surface area contributed by atoms with E-state index >= 15 is 0 Å². The fraction of sp³-hybridized carbons (Fsp3) is 0.450. The fourth-order valence-corrected chi connectivity index (χ4v) is 3.52. The SMILES string of the molecule is CC(CCN1CCCCC1c1cccnc1)c1ccccc1. The molecule has 2 unspecified atom stereocenters. The Morgan fingerprint density at radius 3 is 2.77 bits per heavy atom. The molecule has 1 aromatic carbocycles. The minimum absolute atomic E-state index is 0.561. The van der Waals surface area contributed by atoms with Gasteiger partial charge in [-0.05, 0) is 55.5 Å². The maximum atomic E-state index is 4.31. The van der Waals surface area contributed by atoms with E-state index in [-0.39, 0.29) is 0 Å². The molecule has 0 amide bonds. The van der Waals surface area contributed by atoms with E-state index in [4.69, 9.17) is 0 Å². The molecule has 1 aliphatic heterocycles. The van der Waals surface area contributed by atoms with Crippen molar-refractivity contribution >= 4 is 0 Å². The van der Waals surface area contributed by atoms with Crippen LogP contribution >= 0.6 is 0 Å². The molecule has 1 aliphatic rings. The van der Waals surface area contributed by atoms with Gasteiger partial charge in [0, 0.05) is 18.4 Å². The van der Waals surface area contributed by atoms with Gasteiger partial charge in [-0.3, -0.25) is 9.88 Å². The summed E-state index contributed by atoms with van der Waals surface area (Å²) in [6.07, 6.45) is 9.07. The van der Waals surface area contributed by atoms with Gasteiger partial charge in [0.25, 0.3) is 0 Å². The molecule has 2 aromatic rings. The predicted molar refractivity (Wildman–Crippen MR) is 91.9 cm³/mol. The van der Waals surface area contributed by atoms with Crippen LogP contribution in [0.5, 0.6) is 0 Å². The molecule has 1 saturated heterocycles. The first kappa shape index (κ1) is 15.2. The number of piperidine rings is 1. The molecule has 0 radical (unpaired) electrons. The summed E-state index contributed by atoms with van der Waals surface area (Å²) < 4.78 is 0. The van der Waals surface area contributed by atoms with Gasteiger partial charge in [-0.15, -0.1) is 0 Å². The number of benzene rings is 1. The molecule has 0 N–H and O–H groups in total. The minimum Gasteiger partial charge on any atom is -0.296 e. The van der Waals surface area contributed by atoms with Crippen molar-refractivity contribution in [1.29, 1.82) is 0 Å². The second-order valence-electron chi connectivity index (χ2n) is 6.43. The van der Waals surface area contributed by atoms with Crippen molar-refractivity contribution in [3.8, 4) is 0 Å². The number of aromatic nitrogens is 1. The Labute approximate surface area is 134 Å². The zero-order chi connectivity index (χ0) is 15.2. The van der Waals surface area contributed by atoms with Crippen LogP contribution in [0.2, 0.25) is 0 Å². The second kappa shape index (κ2) is 7.55. The van der Waals surface area contributed by atoms with Crippen LogP contribution in [0.1, 0.15) is 55.7 Å². The van der Waals surface area contributed by atoms with Gasteiger partial charge in [0.2, 0.25) is 0 Å². The molecule has 2 atom stereocenters. The van der Waals surface area contributed by atoms with Crippen LogP contribution in [-0.4, -0.2) is 23.0 Å². The van der Waals surface area contributed by atoms with Crippen molar-refractivity contribution in [2.24, 2.45) is 0 Å². The van der Waals surface area contributed by atoms with E-state index in [0.717, 1.165) is 0 Å². The molecule has 1 fully saturated rings. The van der Waals surface area contributed by atoms with Crippen molar-refractivity contribution in [3.63, 3.8) is 0 Å². The third-order valence-electron chi connectivity index (χ3n) is 4.90. The fourth-order valence-electron chi connectivity index (χ4n) is 3.52. The highest BCUT2D eigenvalue weighted by Crippen LogP contribution is 2.31. The van der Waals surface area contributed by atoms with Gasteiger partial charge in [-0.25, -0.2) is 0 Å². The number of hydrogen-bond acceptors (Lipinski definition) is 2. The van der Waals surface area contributed by atoms with Crippen molar-refractivity contribution in [3.05, 3.63) is 66.0 Å². The largest absolute Gasteiger partial charge is 0.296 e. The summed E-state index contributed by atoms with van der Waals surface area (Å²) in [5.74, 6) is 0.623. The van der Waals surface area contributed by atoms with Crippen LogP contribution in [-0.2, 0) is 0 Å². The van der Waals surface area contributed by atoms with Crippen LogP contribution in [0.3, 0.4) is 0 Å². The Bertz CT molecular complexity index is 552. The van der Waals surface area contributed by atoms with Crippen LogP contribution < -0.4 is 0 Å². The number of likely N-dealkylation sites (tertiary alicyclic amines) is 1. The molecule has 3 rings (SSSR count). The summed E-state index contributed by atoms with van der Waals surface area (Å²) in [5, 5.41) is 0. The van der Waals surface area contributed by atoms with Gasteiger partial charge < -0.3 is 0 Å². The zero-order valence-electron chi connectivity index (χ0n) is 13.5. The molecule has 0 aliphatic carbocycles. The number of nitrogens with zero attached hydrogens (tertiary/aromatic N) is 2. The molecule has 2 heteroatoms. The Morgan fingerprint density at radius 1 is 1.14 bits per heavy atom. The van der Waals surface area contributed by atoms with Gasteiger partial charge in [0.1, 0.15) is 0 Å². The molecule has 116 valence electrons. The maximum absolute atomic E-state index is 4.31. The molecular weight excluding hydrogens is 268 g/mol. The Hall–Kier alpha value is -1.67. The molecule has 0 spiro atoms. The van der Waals surface area contributed by atoms with Gasteiger partial charge in [-0.2, -0.15) is 0 Å². The van der Waals surface area contributed by atoms with Gasteiger partial charge >= 0.3 is 0 Å². The van der Waals surface area contributed by atoms with Crippen LogP contribution in [0.25, 0.3) is 0 Å². The Morgan fingerprint density at radius 2 is 2.00 bits per heavy atom. The lowest BCUT2D eigenvalue weighted by molar-refractivity contribution is 0.144. The monoisotopic (exact) mass is 294 g/mol. The van der Waals surface area contributed by atoms with Gasteiger partial charge in [-0.1, -0.05) is 49.7 Å². The average molecular weight is 294 g/mol. The van der Waals surface area contributed by atoms with E-state index in [2.05, 4.69) is 59.3 Å². The molecule has 2 nitrogen and oxygen atoms in total. The summed E-state index contributed by atoms with van der Waals surface area (Å²) in [7, 11) is 0. The summed E-state index contributed by atoms with van der Waals surface area (Å²) in [5.41, 5.74) is 2.84. The third-order valence-corrected chi connectivity index (χ3v) is 4.90. The van der Waals surface area contributed by atoms with E-state index < -0.39 is 0 Å². The van der Waals surface area contributed by atoms with Crippen LogP contribution in [0.15, 0.2) is 54.9 Å². The Balaban J connectivity index is 1.62. The highest BCUT2D eigenvalue weighted by atomic mass is 15.2. The van der Waals surface area contributed by atoms with Crippen molar-refractivity contribution < 1.29 is 0 Å². The van der Waals surface area contributed by atoms with E-state index in [1.165, 1.54) is 49.9 Å². The topological polar surface area (TPSA) is 16.1 Å². The van der Waals surface area contributed by atoms with Crippen molar-refractivity contribution in [2.45, 2.75) is 44.6 Å². The molecule has 1 aromatic heterocycles. The van der Waals surface area contributed by atoms with E-state index in [1.54, 1.807) is 0 Å². The first-order valence-electron chi connectivity index (χ1n) is 8.53. The lowest BCUT2D eigenvalue weighted by Crippen LogP contribution is -2.34. The Kier molecular flexibility index (Phi) is 5.23. The second-order valence-corrected chi connectivity index (χ2v) is 6.43. The predicted octanol–water partition coefficient (Wildman–Crippen LogP) is 4.80. The number of hydrogen-bond donors (Lipinski definition) is 0. The van der Waals surface area contributed by atoms with Gasteiger partial charge in [0.05, 0.1) is 0 Å². The highest BCUT2D eigenvalue weighted by Gasteiger charge is 2.24. The van der Waals surface area contributed by atoms with Crippen molar-refractivity contribution in [2.75, 3.05) is 13.1 Å². The van der Waals surface area contributed by atoms with E-state index in [9.17, 15) is 0 Å². The lowest BCUT2D eigenvalue weighted by atomic mass is 9.93.